The van der Waals surface area contributed by atoms with Gasteiger partial charge in [-0.15, -0.1) is 0 Å². The van der Waals surface area contributed by atoms with Crippen LogP contribution in [0.25, 0.3) is 5.57 Å². The number of piperazine rings is 1. The lowest BCUT2D eigenvalue weighted by molar-refractivity contribution is 0.268. The Hall–Kier alpha value is -1.37. The van der Waals surface area contributed by atoms with Gasteiger partial charge in [0.1, 0.15) is 0 Å². The highest BCUT2D eigenvalue weighted by molar-refractivity contribution is 7.95. The molecule has 0 saturated carbocycles. The Morgan fingerprint density at radius 1 is 1.26 bits per heavy atom. The van der Waals surface area contributed by atoms with E-state index in [1.54, 1.807) is 12.1 Å². The molecule has 0 atom stereocenters. The molecular formula is C13H17N3O2S. The molecule has 1 saturated heterocycles. The summed E-state index contributed by atoms with van der Waals surface area (Å²) in [4.78, 5) is 2.61. The number of nitrogens with two attached hydrogens (primary N) is 1. The molecule has 5 nitrogen and oxygen atoms in total. The van der Waals surface area contributed by atoms with Crippen molar-refractivity contribution in [2.75, 3.05) is 38.5 Å². The number of nitrogens with zero attached hydrogens (tertiary/aromatic N) is 1. The van der Waals surface area contributed by atoms with Crippen LogP contribution in [-0.4, -0.2) is 46.0 Å². The van der Waals surface area contributed by atoms with Crippen LogP contribution in [0.5, 0.6) is 0 Å². The predicted molar refractivity (Wildman–Crippen MR) is 75.3 cm³/mol. The van der Waals surface area contributed by atoms with Gasteiger partial charge in [0, 0.05) is 43.8 Å². The summed E-state index contributed by atoms with van der Waals surface area (Å²) in [6.07, 6.45) is 0. The van der Waals surface area contributed by atoms with E-state index in [9.17, 15) is 8.42 Å². The number of hydrogen-bond donors (Lipinski definition) is 2. The fourth-order valence-corrected chi connectivity index (χ4v) is 4.10. The number of benzene rings is 1. The molecule has 19 heavy (non-hydrogen) atoms. The number of fused-ring (bicyclic) bond motifs is 1. The number of anilines is 1. The van der Waals surface area contributed by atoms with Crippen LogP contribution >= 0.6 is 0 Å². The van der Waals surface area contributed by atoms with Crippen molar-refractivity contribution in [1.29, 1.82) is 0 Å². The molecule has 3 N–H and O–H groups in total. The molecule has 2 aliphatic heterocycles. The molecule has 0 bridgehead atoms. The third kappa shape index (κ3) is 2.39. The summed E-state index contributed by atoms with van der Waals surface area (Å²) < 4.78 is 24.2. The van der Waals surface area contributed by atoms with Crippen LogP contribution in [0.15, 0.2) is 28.5 Å². The Balaban J connectivity index is 1.92. The van der Waals surface area contributed by atoms with Crippen molar-refractivity contribution < 1.29 is 8.42 Å². The van der Waals surface area contributed by atoms with Gasteiger partial charge in [-0.2, -0.15) is 0 Å². The summed E-state index contributed by atoms with van der Waals surface area (Å²) in [7, 11) is -3.31. The van der Waals surface area contributed by atoms with Gasteiger partial charge in [0.25, 0.3) is 0 Å². The van der Waals surface area contributed by atoms with E-state index in [0.717, 1.165) is 37.3 Å². The molecule has 0 aromatic heterocycles. The van der Waals surface area contributed by atoms with Crippen molar-refractivity contribution >= 4 is 21.1 Å². The minimum Gasteiger partial charge on any atom is -0.399 e. The standard InChI is InChI=1S/C13H17N3O2S/c14-11-1-2-12-10(8-16-5-3-15-4-6-16)9-19(17,18)13(12)7-11/h1-2,7,9,15H,3-6,8,14H2. The fraction of sp³-hybridized carbons (Fsp3) is 0.385. The van der Waals surface area contributed by atoms with Gasteiger partial charge in [-0.25, -0.2) is 8.42 Å². The quantitative estimate of drug-likeness (QED) is 0.762. The van der Waals surface area contributed by atoms with Crippen LogP contribution in [0.4, 0.5) is 5.69 Å². The van der Waals surface area contributed by atoms with Crippen molar-refractivity contribution in [2.45, 2.75) is 4.90 Å². The first-order valence-corrected chi connectivity index (χ1v) is 7.89. The first-order chi connectivity index (χ1) is 9.06. The van der Waals surface area contributed by atoms with E-state index in [0.29, 0.717) is 17.1 Å². The van der Waals surface area contributed by atoms with Gasteiger partial charge in [-0.1, -0.05) is 6.07 Å². The number of hydrogen-bond acceptors (Lipinski definition) is 5. The minimum absolute atomic E-state index is 0.345. The molecule has 0 radical (unpaired) electrons. The zero-order valence-electron chi connectivity index (χ0n) is 10.6. The first kappa shape index (κ1) is 12.7. The lowest BCUT2D eigenvalue weighted by Gasteiger charge is -2.27. The Bertz CT molecular complexity index is 631. The van der Waals surface area contributed by atoms with Crippen LogP contribution in [0.3, 0.4) is 0 Å². The zero-order valence-corrected chi connectivity index (χ0v) is 11.4. The van der Waals surface area contributed by atoms with Gasteiger partial charge < -0.3 is 11.1 Å². The smallest absolute Gasteiger partial charge is 0.200 e. The normalized spacial score (nSPS) is 22.0. The fourth-order valence-electron chi connectivity index (χ4n) is 2.59. The highest BCUT2D eigenvalue weighted by Crippen LogP contribution is 2.34. The zero-order chi connectivity index (χ0) is 13.5. The maximum absolute atomic E-state index is 12.1. The van der Waals surface area contributed by atoms with Crippen LogP contribution in [0.2, 0.25) is 0 Å². The molecule has 6 heteroatoms. The molecular weight excluding hydrogens is 262 g/mol. The summed E-state index contributed by atoms with van der Waals surface area (Å²) >= 11 is 0. The number of rotatable bonds is 2. The van der Waals surface area contributed by atoms with E-state index < -0.39 is 9.84 Å². The molecule has 0 amide bonds. The van der Waals surface area contributed by atoms with Gasteiger partial charge >= 0.3 is 0 Å². The molecule has 3 rings (SSSR count). The van der Waals surface area contributed by atoms with Crippen LogP contribution in [0.1, 0.15) is 5.56 Å². The predicted octanol–water partition coefficient (Wildman–Crippen LogP) is 0.302. The van der Waals surface area contributed by atoms with Gasteiger partial charge in [0.05, 0.1) is 4.90 Å². The first-order valence-electron chi connectivity index (χ1n) is 6.35. The molecule has 2 aliphatic rings. The molecule has 1 fully saturated rings. The SMILES string of the molecule is Nc1ccc2c(c1)S(=O)(=O)C=C2CN1CCNCC1. The van der Waals surface area contributed by atoms with Crippen molar-refractivity contribution in [3.8, 4) is 0 Å². The maximum Gasteiger partial charge on any atom is 0.200 e. The summed E-state index contributed by atoms with van der Waals surface area (Å²) in [6.45, 7) is 4.48. The maximum atomic E-state index is 12.1. The third-order valence-electron chi connectivity index (χ3n) is 3.56. The molecule has 102 valence electrons. The Morgan fingerprint density at radius 3 is 2.74 bits per heavy atom. The van der Waals surface area contributed by atoms with Crippen molar-refractivity contribution in [3.63, 3.8) is 0 Å². The van der Waals surface area contributed by atoms with Crippen LogP contribution < -0.4 is 11.1 Å². The molecule has 0 spiro atoms. The molecule has 2 heterocycles. The summed E-state index contributed by atoms with van der Waals surface area (Å²) in [5, 5.41) is 4.67. The van der Waals surface area contributed by atoms with Crippen molar-refractivity contribution in [2.24, 2.45) is 0 Å². The highest BCUT2D eigenvalue weighted by Gasteiger charge is 2.28. The molecule has 1 aromatic carbocycles. The van der Waals surface area contributed by atoms with Gasteiger partial charge in [-0.05, 0) is 23.3 Å². The second kappa shape index (κ2) is 4.63. The average molecular weight is 279 g/mol. The lowest BCUT2D eigenvalue weighted by Crippen LogP contribution is -2.43. The van der Waals surface area contributed by atoms with E-state index in [2.05, 4.69) is 10.2 Å². The molecule has 0 aliphatic carbocycles. The van der Waals surface area contributed by atoms with E-state index in [1.807, 2.05) is 6.07 Å². The number of sulfone groups is 1. The number of nitrogens with one attached hydrogen (secondary N) is 1. The van der Waals surface area contributed by atoms with Crippen molar-refractivity contribution in [1.82, 2.24) is 10.2 Å². The minimum atomic E-state index is -3.31. The monoisotopic (exact) mass is 279 g/mol. The second-order valence-electron chi connectivity index (χ2n) is 4.97. The Morgan fingerprint density at radius 2 is 2.00 bits per heavy atom. The Labute approximate surface area is 113 Å². The van der Waals surface area contributed by atoms with E-state index in [-0.39, 0.29) is 0 Å². The van der Waals surface area contributed by atoms with Gasteiger partial charge in [0.15, 0.2) is 0 Å². The molecule has 1 aromatic rings. The van der Waals surface area contributed by atoms with E-state index in [1.165, 1.54) is 5.41 Å². The topological polar surface area (TPSA) is 75.4 Å². The summed E-state index contributed by atoms with van der Waals surface area (Å²) in [5.74, 6) is 0. The largest absolute Gasteiger partial charge is 0.399 e. The third-order valence-corrected chi connectivity index (χ3v) is 5.10. The van der Waals surface area contributed by atoms with E-state index in [4.69, 9.17) is 5.73 Å². The van der Waals surface area contributed by atoms with Crippen LogP contribution in [0, 0.1) is 0 Å². The van der Waals surface area contributed by atoms with Gasteiger partial charge in [0.2, 0.25) is 9.84 Å². The second-order valence-corrected chi connectivity index (χ2v) is 6.74. The summed E-state index contributed by atoms with van der Waals surface area (Å²) in [5.41, 5.74) is 7.83. The Kier molecular flexibility index (Phi) is 3.08. The average Bonchev–Trinajstić information content (AvgIpc) is 2.62. The van der Waals surface area contributed by atoms with E-state index >= 15 is 0 Å². The van der Waals surface area contributed by atoms with Crippen molar-refractivity contribution in [3.05, 3.63) is 29.2 Å². The number of nitrogen functional groups attached to an aromatic ring is 1. The molecule has 0 unspecified atom stereocenters. The van der Waals surface area contributed by atoms with Crippen LogP contribution in [-0.2, 0) is 9.84 Å². The lowest BCUT2D eigenvalue weighted by atomic mass is 10.1. The summed E-state index contributed by atoms with van der Waals surface area (Å²) in [6, 6.07) is 5.11. The highest BCUT2D eigenvalue weighted by atomic mass is 32.2. The van der Waals surface area contributed by atoms with Gasteiger partial charge in [-0.3, -0.25) is 4.90 Å².